The van der Waals surface area contributed by atoms with Gasteiger partial charge in [0.25, 0.3) is 0 Å². The molecule has 268 valence electrons. The van der Waals surface area contributed by atoms with Gasteiger partial charge >= 0.3 is 12.2 Å². The fourth-order valence-electron chi connectivity index (χ4n) is 7.16. The summed E-state index contributed by atoms with van der Waals surface area (Å²) in [5.74, 6) is 2.01. The summed E-state index contributed by atoms with van der Waals surface area (Å²) < 4.78 is 11.5. The Hall–Kier alpha value is -5.38. The zero-order chi connectivity index (χ0) is 36.5. The molecular formula is C42H46N6O4. The summed E-state index contributed by atoms with van der Waals surface area (Å²) >= 11 is 0. The van der Waals surface area contributed by atoms with Crippen LogP contribution in [0.3, 0.4) is 0 Å². The van der Waals surface area contributed by atoms with Crippen LogP contribution in [0.1, 0.15) is 85.0 Å². The number of nitrogens with one attached hydrogen (secondary N) is 2. The molecule has 0 bridgehead atoms. The van der Waals surface area contributed by atoms with E-state index >= 15 is 0 Å². The minimum atomic E-state index is -0.577. The maximum absolute atomic E-state index is 13.2. The average molecular weight is 699 g/mol. The predicted octanol–water partition coefficient (Wildman–Crippen LogP) is 9.64. The van der Waals surface area contributed by atoms with Crippen LogP contribution < -0.4 is 0 Å². The number of carbonyl (C=O) groups is 2. The standard InChI is InChI=1S/C42H46N6O4/c1-24-16-35(47(22-24)39(49)51-41(2,3)4)37-43-21-34(46-37)30-13-12-26-17-27(10-11-28(26)18-30)29-14-15-32-33(19-29)45-38(44-32)36-20-31(25-8-9-25)23-48(36)40(50)52-42(5,6)7/h10-21,25,35-36H,8-9,22-23H2,1-7H3,(H,43,46)(H,44,45)/t35-,36-/m0/s1. The van der Waals surface area contributed by atoms with Crippen molar-refractivity contribution in [1.82, 2.24) is 29.7 Å². The molecule has 1 fully saturated rings. The van der Waals surface area contributed by atoms with E-state index in [1.54, 1.807) is 9.80 Å². The van der Waals surface area contributed by atoms with Crippen molar-refractivity contribution in [1.29, 1.82) is 0 Å². The largest absolute Gasteiger partial charge is 0.444 e. The highest BCUT2D eigenvalue weighted by Crippen LogP contribution is 2.43. The molecule has 0 spiro atoms. The Morgan fingerprint density at radius 2 is 1.33 bits per heavy atom. The molecule has 2 N–H and O–H groups in total. The number of amides is 2. The molecule has 8 rings (SSSR count). The SMILES string of the molecule is CC1=C[C@@H](c2ncc(-c3ccc4cc(-c5ccc6nc([C@@H]7C=C(C8CC8)CN7C(=O)OC(C)(C)C)[nH]c6c5)ccc4c3)[nH]2)N(C(=O)OC(C)(C)C)C1. The molecule has 0 radical (unpaired) electrons. The molecule has 1 saturated carbocycles. The lowest BCUT2D eigenvalue weighted by molar-refractivity contribution is 0.0222. The van der Waals surface area contributed by atoms with Crippen molar-refractivity contribution in [2.45, 2.75) is 84.6 Å². The fraction of sp³-hybridized carbons (Fsp3) is 0.381. The molecule has 2 atom stereocenters. The zero-order valence-electron chi connectivity index (χ0n) is 30.9. The first-order valence-electron chi connectivity index (χ1n) is 18.1. The number of ether oxygens (including phenoxy) is 2. The first-order chi connectivity index (χ1) is 24.7. The van der Waals surface area contributed by atoms with Crippen molar-refractivity contribution < 1.29 is 19.1 Å². The number of rotatable bonds is 5. The van der Waals surface area contributed by atoms with Gasteiger partial charge in [-0.3, -0.25) is 9.80 Å². The number of benzene rings is 3. The van der Waals surface area contributed by atoms with Crippen molar-refractivity contribution >= 4 is 34.0 Å². The Labute approximate surface area is 303 Å². The van der Waals surface area contributed by atoms with Gasteiger partial charge in [-0.1, -0.05) is 48.1 Å². The second kappa shape index (κ2) is 12.4. The summed E-state index contributed by atoms with van der Waals surface area (Å²) in [5.41, 5.74) is 7.10. The minimum absolute atomic E-state index is 0.287. The number of H-pyrrole nitrogens is 2. The van der Waals surface area contributed by atoms with E-state index in [4.69, 9.17) is 14.5 Å². The van der Waals surface area contributed by atoms with Gasteiger partial charge in [-0.25, -0.2) is 19.6 Å². The third kappa shape index (κ3) is 6.81. The van der Waals surface area contributed by atoms with Crippen molar-refractivity contribution in [3.05, 3.63) is 95.7 Å². The highest BCUT2D eigenvalue weighted by atomic mass is 16.6. The molecule has 5 aromatic rings. The highest BCUT2D eigenvalue weighted by Gasteiger charge is 2.40. The maximum Gasteiger partial charge on any atom is 0.411 e. The number of aromatic nitrogens is 4. The highest BCUT2D eigenvalue weighted by molar-refractivity contribution is 5.92. The van der Waals surface area contributed by atoms with E-state index in [0.29, 0.717) is 24.8 Å². The van der Waals surface area contributed by atoms with Crippen LogP contribution in [0.15, 0.2) is 84.1 Å². The molecule has 4 heterocycles. The van der Waals surface area contributed by atoms with Crippen LogP contribution in [0.5, 0.6) is 0 Å². The second-order valence-corrected chi connectivity index (χ2v) is 16.4. The van der Waals surface area contributed by atoms with Crippen LogP contribution in [0.2, 0.25) is 0 Å². The molecular weight excluding hydrogens is 653 g/mol. The van der Waals surface area contributed by atoms with Gasteiger partial charge < -0.3 is 19.4 Å². The lowest BCUT2D eigenvalue weighted by Crippen LogP contribution is -2.37. The maximum atomic E-state index is 13.2. The van der Waals surface area contributed by atoms with Crippen LogP contribution in [0.4, 0.5) is 9.59 Å². The van der Waals surface area contributed by atoms with Gasteiger partial charge in [-0.05, 0) is 119 Å². The van der Waals surface area contributed by atoms with E-state index in [2.05, 4.69) is 75.6 Å². The van der Waals surface area contributed by atoms with Gasteiger partial charge in [0, 0.05) is 18.7 Å². The summed E-state index contributed by atoms with van der Waals surface area (Å²) in [6, 6.07) is 18.5. The molecule has 52 heavy (non-hydrogen) atoms. The van der Waals surface area contributed by atoms with Crippen LogP contribution in [-0.2, 0) is 9.47 Å². The first-order valence-corrected chi connectivity index (χ1v) is 18.1. The summed E-state index contributed by atoms with van der Waals surface area (Å²) in [5, 5.41) is 2.23. The lowest BCUT2D eigenvalue weighted by atomic mass is 9.99. The number of hydrogen-bond acceptors (Lipinski definition) is 6. The fourth-order valence-corrected chi connectivity index (χ4v) is 7.16. The molecule has 2 amide bonds. The average Bonchev–Trinajstić information content (AvgIpc) is 3.43. The molecule has 2 aliphatic heterocycles. The van der Waals surface area contributed by atoms with E-state index < -0.39 is 11.2 Å². The Morgan fingerprint density at radius 1 is 0.731 bits per heavy atom. The van der Waals surface area contributed by atoms with Crippen molar-refractivity contribution in [3.8, 4) is 22.4 Å². The van der Waals surface area contributed by atoms with E-state index in [0.717, 1.165) is 55.6 Å². The Bertz CT molecular complexity index is 2280. The molecule has 2 aromatic heterocycles. The third-order valence-corrected chi connectivity index (χ3v) is 9.76. The third-order valence-electron chi connectivity index (χ3n) is 9.76. The Balaban J connectivity index is 1.02. The molecule has 3 aromatic carbocycles. The van der Waals surface area contributed by atoms with Gasteiger partial charge in [0.1, 0.15) is 34.9 Å². The zero-order valence-corrected chi connectivity index (χ0v) is 30.9. The molecule has 3 aliphatic rings. The van der Waals surface area contributed by atoms with Crippen molar-refractivity contribution in [2.75, 3.05) is 13.1 Å². The van der Waals surface area contributed by atoms with Crippen LogP contribution in [0.25, 0.3) is 44.2 Å². The van der Waals surface area contributed by atoms with Crippen LogP contribution in [0, 0.1) is 5.92 Å². The van der Waals surface area contributed by atoms with Gasteiger partial charge in [-0.2, -0.15) is 0 Å². The monoisotopic (exact) mass is 698 g/mol. The molecule has 1 aliphatic carbocycles. The topological polar surface area (TPSA) is 116 Å². The van der Waals surface area contributed by atoms with Gasteiger partial charge in [0.15, 0.2) is 0 Å². The minimum Gasteiger partial charge on any atom is -0.444 e. The number of carbonyl (C=O) groups excluding carboxylic acids is 2. The quantitative estimate of drug-likeness (QED) is 0.177. The van der Waals surface area contributed by atoms with E-state index in [1.807, 2.05) is 60.7 Å². The Kier molecular flexibility index (Phi) is 8.04. The van der Waals surface area contributed by atoms with Crippen LogP contribution >= 0.6 is 0 Å². The number of fused-ring (bicyclic) bond motifs is 2. The van der Waals surface area contributed by atoms with Crippen molar-refractivity contribution in [3.63, 3.8) is 0 Å². The van der Waals surface area contributed by atoms with Crippen molar-refractivity contribution in [2.24, 2.45) is 5.92 Å². The summed E-state index contributed by atoms with van der Waals surface area (Å²) in [6.45, 7) is 14.4. The van der Waals surface area contributed by atoms with E-state index in [1.165, 1.54) is 18.4 Å². The molecule has 0 saturated heterocycles. The normalized spacial score (nSPS) is 19.4. The number of nitrogens with zero attached hydrogens (tertiary/aromatic N) is 4. The second-order valence-electron chi connectivity index (χ2n) is 16.4. The van der Waals surface area contributed by atoms with Crippen LogP contribution in [-0.4, -0.2) is 66.2 Å². The first kappa shape index (κ1) is 33.7. The lowest BCUT2D eigenvalue weighted by Gasteiger charge is -2.28. The summed E-state index contributed by atoms with van der Waals surface area (Å²) in [4.78, 5) is 46.3. The smallest absolute Gasteiger partial charge is 0.411 e. The van der Waals surface area contributed by atoms with Gasteiger partial charge in [0.2, 0.25) is 0 Å². The van der Waals surface area contributed by atoms with E-state index in [-0.39, 0.29) is 24.3 Å². The van der Waals surface area contributed by atoms with Gasteiger partial charge in [-0.15, -0.1) is 0 Å². The van der Waals surface area contributed by atoms with E-state index in [9.17, 15) is 9.59 Å². The number of aromatic amines is 2. The molecule has 10 heteroatoms. The Morgan fingerprint density at radius 3 is 2.00 bits per heavy atom. The number of hydrogen-bond donors (Lipinski definition) is 2. The summed E-state index contributed by atoms with van der Waals surface area (Å²) in [7, 11) is 0. The summed E-state index contributed by atoms with van der Waals surface area (Å²) in [6.07, 6.45) is 7.78. The molecule has 10 nitrogen and oxygen atoms in total. The molecule has 0 unspecified atom stereocenters. The number of imidazole rings is 2. The van der Waals surface area contributed by atoms with Gasteiger partial charge in [0.05, 0.1) is 22.9 Å². The predicted molar refractivity (Wildman–Crippen MR) is 203 cm³/mol.